The van der Waals surface area contributed by atoms with Crippen LogP contribution in [0.4, 0.5) is 0 Å². The Morgan fingerprint density at radius 3 is 2.37 bits per heavy atom. The summed E-state index contributed by atoms with van der Waals surface area (Å²) in [6, 6.07) is 0. The molecule has 0 amide bonds. The van der Waals surface area contributed by atoms with Gasteiger partial charge in [-0.15, -0.1) is 0 Å². The van der Waals surface area contributed by atoms with Gasteiger partial charge in [-0.05, 0) is 75.5 Å². The van der Waals surface area contributed by atoms with Crippen LogP contribution in [0.15, 0.2) is 35.5 Å². The Kier molecular flexibility index (Phi) is 4.25. The first-order valence-corrected chi connectivity index (χ1v) is 8.35. The van der Waals surface area contributed by atoms with E-state index < -0.39 is 0 Å². The van der Waals surface area contributed by atoms with Gasteiger partial charge in [0, 0.05) is 0 Å². The highest BCUT2D eigenvalue weighted by atomic mass is 14.3. The average molecular weight is 256 g/mol. The Morgan fingerprint density at radius 1 is 1.11 bits per heavy atom. The van der Waals surface area contributed by atoms with E-state index in [2.05, 4.69) is 31.2 Å². The van der Waals surface area contributed by atoms with Gasteiger partial charge in [-0.1, -0.05) is 42.4 Å². The molecule has 0 N–H and O–H groups in total. The van der Waals surface area contributed by atoms with Crippen molar-refractivity contribution in [3.05, 3.63) is 35.5 Å². The van der Waals surface area contributed by atoms with E-state index >= 15 is 0 Å². The summed E-state index contributed by atoms with van der Waals surface area (Å²) < 4.78 is 0. The van der Waals surface area contributed by atoms with Crippen molar-refractivity contribution >= 4 is 0 Å². The maximum absolute atomic E-state index is 2.52. The molecule has 0 nitrogen and oxygen atoms in total. The number of allylic oxidation sites excluding steroid dienone is 6. The second-order valence-electron chi connectivity index (χ2n) is 6.86. The van der Waals surface area contributed by atoms with Gasteiger partial charge in [0.25, 0.3) is 0 Å². The second kappa shape index (κ2) is 6.11. The minimum Gasteiger partial charge on any atom is -0.0882 e. The standard InChI is InChI=1S/C19H28/c1-15(14-17-8-5-9-17)19(18-10-2-3-11-18)13-12-16-6-4-7-16/h2,6,8,10,15,18-19H,3-5,7,9,11-14H2,1H3. The maximum atomic E-state index is 2.52. The third-order valence-electron chi connectivity index (χ3n) is 5.51. The Balaban J connectivity index is 1.58. The predicted molar refractivity (Wildman–Crippen MR) is 83.0 cm³/mol. The van der Waals surface area contributed by atoms with E-state index in [1.165, 1.54) is 57.8 Å². The summed E-state index contributed by atoms with van der Waals surface area (Å²) in [5.74, 6) is 2.66. The SMILES string of the molecule is CC(CC1=CCC1)C(CCC1=CCC1)C1C=CCC1. The molecule has 3 rings (SSSR count). The fraction of sp³-hybridized carbons (Fsp3) is 0.684. The van der Waals surface area contributed by atoms with Crippen molar-refractivity contribution in [2.75, 3.05) is 0 Å². The van der Waals surface area contributed by atoms with Crippen molar-refractivity contribution in [1.82, 2.24) is 0 Å². The van der Waals surface area contributed by atoms with Crippen LogP contribution < -0.4 is 0 Å². The van der Waals surface area contributed by atoms with Gasteiger partial charge in [0.2, 0.25) is 0 Å². The largest absolute Gasteiger partial charge is 0.0882 e. The fourth-order valence-electron chi connectivity index (χ4n) is 3.96. The third-order valence-corrected chi connectivity index (χ3v) is 5.51. The molecule has 0 aromatic heterocycles. The summed E-state index contributed by atoms with van der Waals surface area (Å²) >= 11 is 0. The molecule has 3 unspecified atom stereocenters. The highest BCUT2D eigenvalue weighted by Crippen LogP contribution is 2.39. The van der Waals surface area contributed by atoms with Crippen LogP contribution in [0.5, 0.6) is 0 Å². The molecule has 0 bridgehead atoms. The molecule has 3 aliphatic rings. The lowest BCUT2D eigenvalue weighted by Gasteiger charge is -2.31. The highest BCUT2D eigenvalue weighted by Gasteiger charge is 2.28. The lowest BCUT2D eigenvalue weighted by atomic mass is 9.74. The molecule has 0 heterocycles. The first-order chi connectivity index (χ1) is 9.33. The number of rotatable bonds is 7. The summed E-state index contributed by atoms with van der Waals surface area (Å²) in [4.78, 5) is 0. The normalized spacial score (nSPS) is 28.2. The maximum Gasteiger partial charge on any atom is -0.0199 e. The van der Waals surface area contributed by atoms with Crippen LogP contribution in [-0.4, -0.2) is 0 Å². The van der Waals surface area contributed by atoms with Gasteiger partial charge in [-0.2, -0.15) is 0 Å². The smallest absolute Gasteiger partial charge is 0.0199 e. The molecule has 3 aliphatic carbocycles. The Hall–Kier alpha value is -0.780. The van der Waals surface area contributed by atoms with Gasteiger partial charge < -0.3 is 0 Å². The van der Waals surface area contributed by atoms with Crippen molar-refractivity contribution < 1.29 is 0 Å². The second-order valence-corrected chi connectivity index (χ2v) is 6.86. The van der Waals surface area contributed by atoms with Gasteiger partial charge in [0.15, 0.2) is 0 Å². The molecule has 104 valence electrons. The molecule has 0 fully saturated rings. The molecule has 0 heteroatoms. The van der Waals surface area contributed by atoms with Crippen LogP contribution in [0.2, 0.25) is 0 Å². The van der Waals surface area contributed by atoms with E-state index in [1.807, 2.05) is 0 Å². The van der Waals surface area contributed by atoms with Crippen LogP contribution >= 0.6 is 0 Å². The minimum atomic E-state index is 0.872. The van der Waals surface area contributed by atoms with Gasteiger partial charge in [0.05, 0.1) is 0 Å². The van der Waals surface area contributed by atoms with Gasteiger partial charge in [-0.25, -0.2) is 0 Å². The molecule has 19 heavy (non-hydrogen) atoms. The molecule has 0 spiro atoms. The van der Waals surface area contributed by atoms with E-state index in [0.29, 0.717) is 0 Å². The Labute approximate surface area is 118 Å². The zero-order chi connectivity index (χ0) is 13.1. The summed E-state index contributed by atoms with van der Waals surface area (Å²) in [5, 5.41) is 0. The van der Waals surface area contributed by atoms with E-state index in [0.717, 1.165) is 17.8 Å². The zero-order valence-corrected chi connectivity index (χ0v) is 12.4. The molecule has 0 saturated heterocycles. The summed E-state index contributed by atoms with van der Waals surface area (Å²) in [6.45, 7) is 2.51. The minimum absolute atomic E-state index is 0.872. The van der Waals surface area contributed by atoms with Crippen LogP contribution in [0.1, 0.15) is 64.7 Å². The molecule has 0 saturated carbocycles. The quantitative estimate of drug-likeness (QED) is 0.504. The van der Waals surface area contributed by atoms with Crippen LogP contribution in [0, 0.1) is 17.8 Å². The van der Waals surface area contributed by atoms with Gasteiger partial charge in [0.1, 0.15) is 0 Å². The Morgan fingerprint density at radius 2 is 1.84 bits per heavy atom. The first kappa shape index (κ1) is 13.2. The molecular formula is C19H28. The van der Waals surface area contributed by atoms with Crippen LogP contribution in [0.3, 0.4) is 0 Å². The van der Waals surface area contributed by atoms with Crippen LogP contribution in [0.25, 0.3) is 0 Å². The number of hydrogen-bond acceptors (Lipinski definition) is 0. The average Bonchev–Trinajstić information content (AvgIpc) is 2.80. The highest BCUT2D eigenvalue weighted by molar-refractivity contribution is 5.15. The van der Waals surface area contributed by atoms with Crippen LogP contribution in [-0.2, 0) is 0 Å². The first-order valence-electron chi connectivity index (χ1n) is 8.35. The molecular weight excluding hydrogens is 228 g/mol. The van der Waals surface area contributed by atoms with E-state index in [-0.39, 0.29) is 0 Å². The lowest BCUT2D eigenvalue weighted by Crippen LogP contribution is -2.21. The lowest BCUT2D eigenvalue weighted by molar-refractivity contribution is 0.252. The summed E-state index contributed by atoms with van der Waals surface area (Å²) in [6.07, 6.45) is 22.2. The van der Waals surface area contributed by atoms with E-state index in [1.54, 1.807) is 11.1 Å². The molecule has 0 aromatic rings. The van der Waals surface area contributed by atoms with Crippen molar-refractivity contribution in [2.45, 2.75) is 64.7 Å². The molecule has 3 atom stereocenters. The van der Waals surface area contributed by atoms with E-state index in [4.69, 9.17) is 0 Å². The Bertz CT molecular complexity index is 396. The van der Waals surface area contributed by atoms with Crippen molar-refractivity contribution in [2.24, 2.45) is 17.8 Å². The topological polar surface area (TPSA) is 0 Å². The molecule has 0 aromatic carbocycles. The number of hydrogen-bond donors (Lipinski definition) is 0. The monoisotopic (exact) mass is 256 g/mol. The zero-order valence-electron chi connectivity index (χ0n) is 12.4. The predicted octanol–water partition coefficient (Wildman–Crippen LogP) is 5.82. The third kappa shape index (κ3) is 3.22. The van der Waals surface area contributed by atoms with Crippen molar-refractivity contribution in [3.63, 3.8) is 0 Å². The van der Waals surface area contributed by atoms with Gasteiger partial charge >= 0.3 is 0 Å². The van der Waals surface area contributed by atoms with E-state index in [9.17, 15) is 0 Å². The summed E-state index contributed by atoms with van der Waals surface area (Å²) in [5.41, 5.74) is 3.48. The van der Waals surface area contributed by atoms with Crippen molar-refractivity contribution in [3.8, 4) is 0 Å². The fourth-order valence-corrected chi connectivity index (χ4v) is 3.96. The van der Waals surface area contributed by atoms with Gasteiger partial charge in [-0.3, -0.25) is 0 Å². The summed E-state index contributed by atoms with van der Waals surface area (Å²) in [7, 11) is 0. The molecule has 0 aliphatic heterocycles. The molecule has 0 radical (unpaired) electrons. The van der Waals surface area contributed by atoms with Crippen molar-refractivity contribution in [1.29, 1.82) is 0 Å².